The quantitative estimate of drug-likeness (QED) is 0.653. The highest BCUT2D eigenvalue weighted by atomic mass is 15.1. The average Bonchev–Trinajstić information content (AvgIpc) is 2.19. The van der Waals surface area contributed by atoms with Crippen LogP contribution in [-0.4, -0.2) is 7.05 Å². The first-order chi connectivity index (χ1) is 6.66. The van der Waals surface area contributed by atoms with Crippen LogP contribution in [0.5, 0.6) is 0 Å². The van der Waals surface area contributed by atoms with Crippen molar-refractivity contribution in [1.82, 2.24) is 0 Å². The molecule has 0 fully saturated rings. The fourth-order valence-electron chi connectivity index (χ4n) is 1.47. The first-order valence-electron chi connectivity index (χ1n) is 4.75. The van der Waals surface area contributed by atoms with E-state index in [-0.39, 0.29) is 0 Å². The molecule has 0 bridgehead atoms. The van der Waals surface area contributed by atoms with Crippen molar-refractivity contribution in [3.63, 3.8) is 0 Å². The molecule has 0 amide bonds. The Bertz CT molecular complexity index is 332. The molecular formula is C13H17N. The molecule has 0 spiro atoms. The highest BCUT2D eigenvalue weighted by Crippen LogP contribution is 2.19. The highest BCUT2D eigenvalue weighted by molar-refractivity contribution is 5.54. The van der Waals surface area contributed by atoms with Crippen molar-refractivity contribution in [3.8, 4) is 0 Å². The first kappa shape index (κ1) is 10.6. The van der Waals surface area contributed by atoms with E-state index in [9.17, 15) is 0 Å². The van der Waals surface area contributed by atoms with Crippen LogP contribution in [0.25, 0.3) is 0 Å². The number of para-hydroxylation sites is 1. The third kappa shape index (κ3) is 2.25. The van der Waals surface area contributed by atoms with Crippen LogP contribution in [0.15, 0.2) is 54.3 Å². The molecule has 1 heteroatoms. The van der Waals surface area contributed by atoms with Gasteiger partial charge in [0.2, 0.25) is 0 Å². The summed E-state index contributed by atoms with van der Waals surface area (Å²) >= 11 is 0. The van der Waals surface area contributed by atoms with E-state index in [4.69, 9.17) is 0 Å². The van der Waals surface area contributed by atoms with Gasteiger partial charge >= 0.3 is 0 Å². The summed E-state index contributed by atoms with van der Waals surface area (Å²) in [5.41, 5.74) is 3.62. The zero-order chi connectivity index (χ0) is 10.6. The normalized spacial score (nSPS) is 9.36. The summed E-state index contributed by atoms with van der Waals surface area (Å²) in [5.74, 6) is 0. The van der Waals surface area contributed by atoms with Crippen LogP contribution in [0.2, 0.25) is 0 Å². The summed E-state index contributed by atoms with van der Waals surface area (Å²) in [4.78, 5) is 2.14. The maximum absolute atomic E-state index is 3.83. The Morgan fingerprint density at radius 1 is 1.21 bits per heavy atom. The van der Waals surface area contributed by atoms with E-state index in [1.807, 2.05) is 24.3 Å². The van der Waals surface area contributed by atoms with Crippen LogP contribution in [0.1, 0.15) is 13.8 Å². The maximum Gasteiger partial charge on any atom is 0.0408 e. The van der Waals surface area contributed by atoms with E-state index in [2.05, 4.69) is 44.5 Å². The Morgan fingerprint density at radius 2 is 1.79 bits per heavy atom. The van der Waals surface area contributed by atoms with Crippen molar-refractivity contribution in [2.45, 2.75) is 13.8 Å². The number of hydrogen-bond acceptors (Lipinski definition) is 1. The van der Waals surface area contributed by atoms with E-state index < -0.39 is 0 Å². The molecule has 0 aliphatic carbocycles. The Morgan fingerprint density at radius 3 is 2.21 bits per heavy atom. The zero-order valence-electron chi connectivity index (χ0n) is 9.12. The topological polar surface area (TPSA) is 3.24 Å². The van der Waals surface area contributed by atoms with Gasteiger partial charge in [0.15, 0.2) is 0 Å². The Kier molecular flexibility index (Phi) is 3.52. The standard InChI is InChI=1S/C13H17N/c1-5-13(11(2)3)14(4)12-9-7-6-8-10-12/h5-10H,1H2,2-4H3. The van der Waals surface area contributed by atoms with Gasteiger partial charge in [-0.25, -0.2) is 0 Å². The molecule has 1 rings (SSSR count). The first-order valence-corrected chi connectivity index (χ1v) is 4.75. The monoisotopic (exact) mass is 187 g/mol. The van der Waals surface area contributed by atoms with Crippen LogP contribution in [0, 0.1) is 0 Å². The summed E-state index contributed by atoms with van der Waals surface area (Å²) in [5, 5.41) is 0. The number of likely N-dealkylation sites (N-methyl/N-ethyl adjacent to an activating group) is 1. The Hall–Kier alpha value is -1.50. The molecule has 0 saturated carbocycles. The molecule has 0 aromatic heterocycles. The third-order valence-corrected chi connectivity index (χ3v) is 2.21. The van der Waals surface area contributed by atoms with Gasteiger partial charge in [0, 0.05) is 18.4 Å². The van der Waals surface area contributed by atoms with Crippen LogP contribution < -0.4 is 4.90 Å². The lowest BCUT2D eigenvalue weighted by molar-refractivity contribution is 1.09. The second kappa shape index (κ2) is 4.66. The van der Waals surface area contributed by atoms with Gasteiger partial charge in [0.05, 0.1) is 0 Å². The predicted octanol–water partition coefficient (Wildman–Crippen LogP) is 3.60. The molecule has 14 heavy (non-hydrogen) atoms. The van der Waals surface area contributed by atoms with Crippen molar-refractivity contribution in [1.29, 1.82) is 0 Å². The van der Waals surface area contributed by atoms with Crippen LogP contribution in [0.4, 0.5) is 5.69 Å². The Balaban J connectivity index is 3.01. The van der Waals surface area contributed by atoms with Gasteiger partial charge in [0.1, 0.15) is 0 Å². The molecule has 0 atom stereocenters. The number of rotatable bonds is 3. The molecule has 0 unspecified atom stereocenters. The van der Waals surface area contributed by atoms with Crippen LogP contribution in [-0.2, 0) is 0 Å². The molecule has 0 saturated heterocycles. The van der Waals surface area contributed by atoms with E-state index in [1.165, 1.54) is 11.3 Å². The number of anilines is 1. The molecule has 0 heterocycles. The molecule has 74 valence electrons. The molecule has 0 N–H and O–H groups in total. The predicted molar refractivity (Wildman–Crippen MR) is 63.4 cm³/mol. The van der Waals surface area contributed by atoms with E-state index in [1.54, 1.807) is 0 Å². The van der Waals surface area contributed by atoms with Gasteiger partial charge in [-0.05, 0) is 32.1 Å². The summed E-state index contributed by atoms with van der Waals surface area (Å²) < 4.78 is 0. The third-order valence-electron chi connectivity index (χ3n) is 2.21. The molecule has 0 aliphatic rings. The smallest absolute Gasteiger partial charge is 0.0408 e. The molecular weight excluding hydrogens is 170 g/mol. The largest absolute Gasteiger partial charge is 0.345 e. The van der Waals surface area contributed by atoms with Gasteiger partial charge in [-0.1, -0.05) is 30.4 Å². The second-order valence-electron chi connectivity index (χ2n) is 3.48. The summed E-state index contributed by atoms with van der Waals surface area (Å²) in [6.07, 6.45) is 1.89. The minimum atomic E-state index is 1.16. The van der Waals surface area contributed by atoms with Crippen LogP contribution >= 0.6 is 0 Å². The van der Waals surface area contributed by atoms with Crippen LogP contribution in [0.3, 0.4) is 0 Å². The molecule has 1 aromatic rings. The molecule has 1 aromatic carbocycles. The van der Waals surface area contributed by atoms with E-state index >= 15 is 0 Å². The molecule has 1 nitrogen and oxygen atoms in total. The summed E-state index contributed by atoms with van der Waals surface area (Å²) in [6.45, 7) is 8.02. The average molecular weight is 187 g/mol. The summed E-state index contributed by atoms with van der Waals surface area (Å²) in [7, 11) is 2.05. The van der Waals surface area contributed by atoms with Gasteiger partial charge in [-0.3, -0.25) is 0 Å². The van der Waals surface area contributed by atoms with Crippen molar-refractivity contribution >= 4 is 5.69 Å². The minimum Gasteiger partial charge on any atom is -0.345 e. The maximum atomic E-state index is 3.83. The molecule has 0 aliphatic heterocycles. The van der Waals surface area contributed by atoms with Crippen molar-refractivity contribution in [2.24, 2.45) is 0 Å². The molecule has 0 radical (unpaired) electrons. The van der Waals surface area contributed by atoms with Crippen molar-refractivity contribution < 1.29 is 0 Å². The number of benzene rings is 1. The lowest BCUT2D eigenvalue weighted by Crippen LogP contribution is -2.15. The zero-order valence-corrected chi connectivity index (χ0v) is 9.12. The fourth-order valence-corrected chi connectivity index (χ4v) is 1.47. The SMILES string of the molecule is C=CC(=C(C)C)N(C)c1ccccc1. The fraction of sp³-hybridized carbons (Fsp3) is 0.231. The van der Waals surface area contributed by atoms with Gasteiger partial charge in [-0.2, -0.15) is 0 Å². The van der Waals surface area contributed by atoms with Gasteiger partial charge in [-0.15, -0.1) is 0 Å². The van der Waals surface area contributed by atoms with Crippen molar-refractivity contribution in [3.05, 3.63) is 54.3 Å². The van der Waals surface area contributed by atoms with Crippen molar-refractivity contribution in [2.75, 3.05) is 11.9 Å². The Labute approximate surface area is 86.4 Å². The van der Waals surface area contributed by atoms with Gasteiger partial charge in [0.25, 0.3) is 0 Å². The number of allylic oxidation sites excluding steroid dienone is 2. The number of hydrogen-bond donors (Lipinski definition) is 0. The number of nitrogens with zero attached hydrogens (tertiary/aromatic N) is 1. The lowest BCUT2D eigenvalue weighted by atomic mass is 10.2. The van der Waals surface area contributed by atoms with E-state index in [0.29, 0.717) is 0 Å². The van der Waals surface area contributed by atoms with Gasteiger partial charge < -0.3 is 4.90 Å². The second-order valence-corrected chi connectivity index (χ2v) is 3.48. The van der Waals surface area contributed by atoms with E-state index in [0.717, 1.165) is 5.70 Å². The highest BCUT2D eigenvalue weighted by Gasteiger charge is 2.03. The lowest BCUT2D eigenvalue weighted by Gasteiger charge is -2.21. The summed E-state index contributed by atoms with van der Waals surface area (Å²) in [6, 6.07) is 10.3. The minimum absolute atomic E-state index is 1.16.